The van der Waals surface area contributed by atoms with Gasteiger partial charge in [0.1, 0.15) is 5.69 Å². The van der Waals surface area contributed by atoms with E-state index in [1.165, 1.54) is 51.0 Å². The maximum absolute atomic E-state index is 13.1. The van der Waals surface area contributed by atoms with Crippen LogP contribution in [0, 0.1) is 0 Å². The topological polar surface area (TPSA) is 68.8 Å². The van der Waals surface area contributed by atoms with Crippen LogP contribution in [0.25, 0.3) is 6.08 Å². The molecule has 1 N–H and O–H groups in total. The zero-order valence-electron chi connectivity index (χ0n) is 21.7. The number of piperidine rings is 1. The molecule has 3 aliphatic rings. The number of nitrogens with one attached hydrogen (secondary N) is 1. The first-order valence-corrected chi connectivity index (χ1v) is 13.9. The summed E-state index contributed by atoms with van der Waals surface area (Å²) in [4.78, 5) is 31.3. The van der Waals surface area contributed by atoms with Gasteiger partial charge in [-0.25, -0.2) is 10.0 Å². The summed E-state index contributed by atoms with van der Waals surface area (Å²) in [5, 5.41) is 8.88. The Morgan fingerprint density at radius 1 is 0.784 bits per heavy atom. The lowest BCUT2D eigenvalue weighted by atomic mass is 9.93. The number of ketones is 1. The number of pyridine rings is 1. The summed E-state index contributed by atoms with van der Waals surface area (Å²) in [5.41, 5.74) is 1.99. The van der Waals surface area contributed by atoms with Crippen LogP contribution >= 0.6 is 0 Å². The van der Waals surface area contributed by atoms with Crippen molar-refractivity contribution in [2.75, 3.05) is 39.3 Å². The molecule has 1 aromatic carbocycles. The summed E-state index contributed by atoms with van der Waals surface area (Å²) in [6, 6.07) is 14.2. The maximum atomic E-state index is 13.1. The van der Waals surface area contributed by atoms with Crippen LogP contribution in [-0.4, -0.2) is 82.9 Å². The van der Waals surface area contributed by atoms with Crippen LogP contribution in [0.15, 0.2) is 54.7 Å². The third-order valence-electron chi connectivity index (χ3n) is 7.99. The van der Waals surface area contributed by atoms with Gasteiger partial charge in [-0.05, 0) is 61.6 Å². The quantitative estimate of drug-likeness (QED) is 0.456. The van der Waals surface area contributed by atoms with Crippen molar-refractivity contribution in [3.05, 3.63) is 71.6 Å². The average molecular weight is 502 g/mol. The normalized spacial score (nSPS) is 20.9. The largest absolute Gasteiger partial charge is 0.336 e. The molecule has 1 saturated carbocycles. The number of rotatable bonds is 7. The van der Waals surface area contributed by atoms with Crippen LogP contribution in [0.5, 0.6) is 0 Å². The molecule has 0 atom stereocenters. The Morgan fingerprint density at radius 2 is 1.46 bits per heavy atom. The van der Waals surface area contributed by atoms with E-state index < -0.39 is 0 Å². The zero-order chi connectivity index (χ0) is 25.5. The smallest absolute Gasteiger partial charge is 0.253 e. The zero-order valence-corrected chi connectivity index (χ0v) is 21.7. The fraction of sp³-hybridized carbons (Fsp3) is 0.500. The molecule has 37 heavy (non-hydrogen) atoms. The van der Waals surface area contributed by atoms with Gasteiger partial charge in [0.05, 0.1) is 0 Å². The third kappa shape index (κ3) is 6.92. The Kier molecular flexibility index (Phi) is 8.76. The first-order valence-electron chi connectivity index (χ1n) is 13.9. The fourth-order valence-electron chi connectivity index (χ4n) is 5.78. The molecule has 3 heterocycles. The van der Waals surface area contributed by atoms with Crippen LogP contribution < -0.4 is 5.32 Å². The van der Waals surface area contributed by atoms with Gasteiger partial charge in [-0.1, -0.05) is 43.5 Å². The van der Waals surface area contributed by atoms with Crippen molar-refractivity contribution in [3.8, 4) is 0 Å². The van der Waals surface area contributed by atoms with E-state index in [0.717, 1.165) is 50.9 Å². The monoisotopic (exact) mass is 501 g/mol. The highest BCUT2D eigenvalue weighted by atomic mass is 16.2. The lowest BCUT2D eigenvalue weighted by molar-refractivity contribution is -0.0684. The van der Waals surface area contributed by atoms with Gasteiger partial charge in [0.15, 0.2) is 0 Å². The fourth-order valence-corrected chi connectivity index (χ4v) is 5.78. The van der Waals surface area contributed by atoms with Crippen molar-refractivity contribution < 1.29 is 9.59 Å². The van der Waals surface area contributed by atoms with Crippen molar-refractivity contribution >= 4 is 17.8 Å². The number of carbonyl (C=O) groups excluding carboxylic acids is 2. The third-order valence-corrected chi connectivity index (χ3v) is 7.99. The molecule has 0 radical (unpaired) electrons. The molecule has 1 amide bonds. The predicted molar refractivity (Wildman–Crippen MR) is 146 cm³/mol. The van der Waals surface area contributed by atoms with Gasteiger partial charge in [0, 0.05) is 63.1 Å². The number of hydrazine groups is 1. The summed E-state index contributed by atoms with van der Waals surface area (Å²) in [7, 11) is 0. The molecule has 5 rings (SSSR count). The molecule has 0 unspecified atom stereocenters. The second-order valence-electron chi connectivity index (χ2n) is 10.5. The first-order chi connectivity index (χ1) is 18.2. The number of aromatic nitrogens is 1. The van der Waals surface area contributed by atoms with E-state index in [2.05, 4.69) is 20.3 Å². The van der Waals surface area contributed by atoms with Crippen LogP contribution in [0.2, 0.25) is 0 Å². The Hall–Kier alpha value is -2.87. The molecule has 2 aliphatic heterocycles. The first kappa shape index (κ1) is 25.8. The number of hydrogen-bond acceptors (Lipinski definition) is 6. The molecule has 7 nitrogen and oxygen atoms in total. The summed E-state index contributed by atoms with van der Waals surface area (Å²) >= 11 is 0. The minimum atomic E-state index is -0.136. The van der Waals surface area contributed by atoms with Gasteiger partial charge in [-0.2, -0.15) is 0 Å². The van der Waals surface area contributed by atoms with Crippen molar-refractivity contribution in [2.45, 2.75) is 57.0 Å². The molecule has 1 aliphatic carbocycles. The molecule has 0 spiro atoms. The summed E-state index contributed by atoms with van der Waals surface area (Å²) < 4.78 is 0. The van der Waals surface area contributed by atoms with Crippen LogP contribution in [-0.2, 0) is 0 Å². The highest BCUT2D eigenvalue weighted by Crippen LogP contribution is 2.21. The molecular weight excluding hydrogens is 462 g/mol. The average Bonchev–Trinajstić information content (AvgIpc) is 2.97. The van der Waals surface area contributed by atoms with Gasteiger partial charge in [-0.3, -0.25) is 14.6 Å². The highest BCUT2D eigenvalue weighted by molar-refractivity contribution is 6.05. The summed E-state index contributed by atoms with van der Waals surface area (Å²) in [6.07, 6.45) is 14.2. The standard InChI is InChI=1S/C30H39N5O2/c36-29(28-8-4-5-17-31-28)14-11-24-9-12-25(13-10-24)30(37)33-20-22-35(23-21-33)34-18-15-27(16-19-34)32-26-6-2-1-3-7-26/h4-5,8-14,17,26-27,32H,1-3,6-7,15-16,18-23H2. The lowest BCUT2D eigenvalue weighted by Crippen LogP contribution is -2.58. The number of benzene rings is 1. The second kappa shape index (κ2) is 12.6. The van der Waals surface area contributed by atoms with E-state index in [0.29, 0.717) is 17.3 Å². The Bertz CT molecular complexity index is 1050. The lowest BCUT2D eigenvalue weighted by Gasteiger charge is -2.44. The minimum Gasteiger partial charge on any atom is -0.336 e. The van der Waals surface area contributed by atoms with E-state index in [4.69, 9.17) is 0 Å². The van der Waals surface area contributed by atoms with E-state index >= 15 is 0 Å². The summed E-state index contributed by atoms with van der Waals surface area (Å²) in [6.45, 7) is 5.50. The van der Waals surface area contributed by atoms with Crippen molar-refractivity contribution in [3.63, 3.8) is 0 Å². The molecule has 2 aromatic rings. The molecule has 196 valence electrons. The van der Waals surface area contributed by atoms with Gasteiger partial charge >= 0.3 is 0 Å². The van der Waals surface area contributed by atoms with Crippen molar-refractivity contribution in [1.82, 2.24) is 25.2 Å². The minimum absolute atomic E-state index is 0.0788. The molecule has 3 fully saturated rings. The van der Waals surface area contributed by atoms with Crippen LogP contribution in [0.1, 0.15) is 71.4 Å². The predicted octanol–water partition coefficient (Wildman–Crippen LogP) is 4.04. The number of carbonyl (C=O) groups is 2. The van der Waals surface area contributed by atoms with E-state index in [1.807, 2.05) is 29.2 Å². The molecule has 7 heteroatoms. The number of nitrogens with zero attached hydrogens (tertiary/aromatic N) is 4. The molecule has 0 bridgehead atoms. The maximum Gasteiger partial charge on any atom is 0.253 e. The number of amides is 1. The Labute approximate surface area is 220 Å². The van der Waals surface area contributed by atoms with Gasteiger partial charge in [0.25, 0.3) is 5.91 Å². The van der Waals surface area contributed by atoms with E-state index in [-0.39, 0.29) is 11.7 Å². The Balaban J connectivity index is 1.06. The molecule has 2 saturated heterocycles. The van der Waals surface area contributed by atoms with Crippen LogP contribution in [0.3, 0.4) is 0 Å². The SMILES string of the molecule is O=C(C=Cc1ccc(C(=O)N2CCN(N3CCC(NC4CCCCC4)CC3)CC2)cc1)c1ccccn1. The van der Waals surface area contributed by atoms with Crippen LogP contribution in [0.4, 0.5) is 0 Å². The van der Waals surface area contributed by atoms with Gasteiger partial charge in [-0.15, -0.1) is 0 Å². The van der Waals surface area contributed by atoms with Gasteiger partial charge in [0.2, 0.25) is 5.78 Å². The second-order valence-corrected chi connectivity index (χ2v) is 10.5. The van der Waals surface area contributed by atoms with Crippen molar-refractivity contribution in [1.29, 1.82) is 0 Å². The van der Waals surface area contributed by atoms with Gasteiger partial charge < -0.3 is 10.2 Å². The molecule has 1 aromatic heterocycles. The van der Waals surface area contributed by atoms with E-state index in [1.54, 1.807) is 30.5 Å². The van der Waals surface area contributed by atoms with E-state index in [9.17, 15) is 9.59 Å². The number of hydrogen-bond donors (Lipinski definition) is 1. The Morgan fingerprint density at radius 3 is 2.14 bits per heavy atom. The summed E-state index contributed by atoms with van der Waals surface area (Å²) in [5.74, 6) is -0.0570. The number of allylic oxidation sites excluding steroid dienone is 1. The van der Waals surface area contributed by atoms with Crippen molar-refractivity contribution in [2.24, 2.45) is 0 Å². The molecular formula is C30H39N5O2. The highest BCUT2D eigenvalue weighted by Gasteiger charge is 2.29. The number of piperazine rings is 1.